The Morgan fingerprint density at radius 2 is 2.19 bits per heavy atom. The van der Waals surface area contributed by atoms with Crippen LogP contribution in [0.15, 0.2) is 12.4 Å². The highest BCUT2D eigenvalue weighted by atomic mass is 16.5. The second-order valence-corrected chi connectivity index (χ2v) is 3.35. The second-order valence-electron chi connectivity index (χ2n) is 3.35. The second kappa shape index (κ2) is 4.89. The molecule has 0 atom stereocenters. The lowest BCUT2D eigenvalue weighted by Crippen LogP contribution is -2.37. The molecule has 0 saturated carbocycles. The third-order valence-electron chi connectivity index (χ3n) is 2.35. The molecule has 2 heterocycles. The first kappa shape index (κ1) is 10.8. The van der Waals surface area contributed by atoms with Gasteiger partial charge in [-0.2, -0.15) is 0 Å². The summed E-state index contributed by atoms with van der Waals surface area (Å²) < 4.78 is 9.83. The van der Waals surface area contributed by atoms with Crippen LogP contribution in [0, 0.1) is 0 Å². The Kier molecular flexibility index (Phi) is 3.31. The number of rotatable bonds is 2. The molecule has 0 spiro atoms. The van der Waals surface area contributed by atoms with E-state index in [4.69, 9.17) is 4.74 Å². The average molecular weight is 223 g/mol. The molecule has 1 aliphatic heterocycles. The summed E-state index contributed by atoms with van der Waals surface area (Å²) in [5.41, 5.74) is 0.228. The topological polar surface area (TPSA) is 64.5 Å². The van der Waals surface area contributed by atoms with Crippen molar-refractivity contribution in [1.82, 2.24) is 9.97 Å². The van der Waals surface area contributed by atoms with Gasteiger partial charge in [-0.25, -0.2) is 9.78 Å². The Bertz CT molecular complexity index is 377. The number of aromatic nitrogens is 2. The van der Waals surface area contributed by atoms with Crippen molar-refractivity contribution in [1.29, 1.82) is 0 Å². The minimum absolute atomic E-state index is 0.228. The van der Waals surface area contributed by atoms with Crippen LogP contribution in [0.25, 0.3) is 0 Å². The van der Waals surface area contributed by atoms with Crippen LogP contribution in [0.1, 0.15) is 10.5 Å². The number of esters is 1. The standard InChI is InChI=1S/C10H13N3O3/c1-15-10(14)8-6-11-7-9(12-8)13-2-4-16-5-3-13/h6-7H,2-5H2,1H3. The molecule has 0 bridgehead atoms. The predicted octanol–water partition coefficient (Wildman–Crippen LogP) is 0.0998. The van der Waals surface area contributed by atoms with Crippen molar-refractivity contribution in [3.05, 3.63) is 18.1 Å². The maximum atomic E-state index is 11.3. The van der Waals surface area contributed by atoms with E-state index in [1.165, 1.54) is 13.3 Å². The van der Waals surface area contributed by atoms with E-state index < -0.39 is 5.97 Å². The minimum Gasteiger partial charge on any atom is -0.464 e. The monoisotopic (exact) mass is 223 g/mol. The SMILES string of the molecule is COC(=O)c1cncc(N2CCOCC2)n1. The van der Waals surface area contributed by atoms with Crippen LogP contribution in [0.4, 0.5) is 5.82 Å². The molecule has 1 aliphatic rings. The molecule has 0 aliphatic carbocycles. The van der Waals surface area contributed by atoms with Crippen molar-refractivity contribution in [2.24, 2.45) is 0 Å². The molecule has 1 aromatic heterocycles. The van der Waals surface area contributed by atoms with Crippen molar-refractivity contribution in [3.63, 3.8) is 0 Å². The van der Waals surface area contributed by atoms with Crippen molar-refractivity contribution in [2.45, 2.75) is 0 Å². The summed E-state index contributed by atoms with van der Waals surface area (Å²) in [6.45, 7) is 2.87. The number of hydrogen-bond donors (Lipinski definition) is 0. The normalized spacial score (nSPS) is 15.9. The lowest BCUT2D eigenvalue weighted by atomic mass is 10.4. The van der Waals surface area contributed by atoms with Crippen LogP contribution in [-0.4, -0.2) is 49.4 Å². The lowest BCUT2D eigenvalue weighted by Gasteiger charge is -2.27. The van der Waals surface area contributed by atoms with Crippen LogP contribution in [-0.2, 0) is 9.47 Å². The number of hydrogen-bond acceptors (Lipinski definition) is 6. The third kappa shape index (κ3) is 2.27. The number of methoxy groups -OCH3 is 1. The highest BCUT2D eigenvalue weighted by Gasteiger charge is 2.15. The molecule has 0 amide bonds. The van der Waals surface area contributed by atoms with E-state index >= 15 is 0 Å². The van der Waals surface area contributed by atoms with Gasteiger partial charge in [-0.1, -0.05) is 0 Å². The molecule has 0 aromatic carbocycles. The van der Waals surface area contributed by atoms with E-state index in [0.29, 0.717) is 19.0 Å². The molecule has 0 N–H and O–H groups in total. The van der Waals surface area contributed by atoms with Crippen LogP contribution in [0.3, 0.4) is 0 Å². The number of anilines is 1. The van der Waals surface area contributed by atoms with Gasteiger partial charge >= 0.3 is 5.97 Å². The van der Waals surface area contributed by atoms with Gasteiger partial charge in [0.1, 0.15) is 5.82 Å². The molecule has 1 fully saturated rings. The van der Waals surface area contributed by atoms with Gasteiger partial charge in [0.15, 0.2) is 5.69 Å². The first-order valence-electron chi connectivity index (χ1n) is 5.04. The first-order valence-corrected chi connectivity index (χ1v) is 5.04. The summed E-state index contributed by atoms with van der Waals surface area (Å²) in [5, 5.41) is 0. The number of carbonyl (C=O) groups is 1. The fourth-order valence-corrected chi connectivity index (χ4v) is 1.50. The molecule has 1 saturated heterocycles. The molecule has 2 rings (SSSR count). The number of nitrogens with zero attached hydrogens (tertiary/aromatic N) is 3. The Labute approximate surface area is 93.2 Å². The Hall–Kier alpha value is -1.69. The highest BCUT2D eigenvalue weighted by Crippen LogP contribution is 2.11. The van der Waals surface area contributed by atoms with E-state index in [0.717, 1.165) is 13.1 Å². The van der Waals surface area contributed by atoms with Crippen LogP contribution >= 0.6 is 0 Å². The first-order chi connectivity index (χ1) is 7.81. The zero-order chi connectivity index (χ0) is 11.4. The number of morpholine rings is 1. The molecular weight excluding hydrogens is 210 g/mol. The molecular formula is C10H13N3O3. The van der Waals surface area contributed by atoms with Crippen molar-refractivity contribution in [2.75, 3.05) is 38.3 Å². The van der Waals surface area contributed by atoms with E-state index in [2.05, 4.69) is 14.7 Å². The molecule has 1 aromatic rings. The zero-order valence-electron chi connectivity index (χ0n) is 9.05. The van der Waals surface area contributed by atoms with Crippen molar-refractivity contribution in [3.8, 4) is 0 Å². The number of ether oxygens (including phenoxy) is 2. The van der Waals surface area contributed by atoms with Gasteiger partial charge in [-0.3, -0.25) is 4.98 Å². The summed E-state index contributed by atoms with van der Waals surface area (Å²) in [6.07, 6.45) is 3.04. The Morgan fingerprint density at radius 3 is 2.88 bits per heavy atom. The third-order valence-corrected chi connectivity index (χ3v) is 2.35. The highest BCUT2D eigenvalue weighted by molar-refractivity contribution is 5.87. The fourth-order valence-electron chi connectivity index (χ4n) is 1.50. The summed E-state index contributed by atoms with van der Waals surface area (Å²) in [5.74, 6) is 0.216. The summed E-state index contributed by atoms with van der Waals surface area (Å²) in [7, 11) is 1.32. The van der Waals surface area contributed by atoms with Gasteiger partial charge < -0.3 is 14.4 Å². The van der Waals surface area contributed by atoms with Gasteiger partial charge in [0.2, 0.25) is 0 Å². The zero-order valence-corrected chi connectivity index (χ0v) is 9.05. The van der Waals surface area contributed by atoms with E-state index in [1.807, 2.05) is 4.90 Å². The summed E-state index contributed by atoms with van der Waals surface area (Å²) in [4.78, 5) is 21.5. The number of carbonyl (C=O) groups excluding carboxylic acids is 1. The maximum Gasteiger partial charge on any atom is 0.358 e. The molecule has 0 unspecified atom stereocenters. The van der Waals surface area contributed by atoms with Crippen molar-refractivity contribution >= 4 is 11.8 Å². The smallest absolute Gasteiger partial charge is 0.358 e. The summed E-state index contributed by atoms with van der Waals surface area (Å²) in [6, 6.07) is 0. The molecule has 6 heteroatoms. The average Bonchev–Trinajstić information content (AvgIpc) is 2.39. The quantitative estimate of drug-likeness (QED) is 0.662. The lowest BCUT2D eigenvalue weighted by molar-refractivity contribution is 0.0593. The molecule has 16 heavy (non-hydrogen) atoms. The van der Waals surface area contributed by atoms with E-state index in [-0.39, 0.29) is 5.69 Å². The predicted molar refractivity (Wildman–Crippen MR) is 56.4 cm³/mol. The summed E-state index contributed by atoms with van der Waals surface area (Å²) >= 11 is 0. The van der Waals surface area contributed by atoms with E-state index in [1.54, 1.807) is 6.20 Å². The van der Waals surface area contributed by atoms with Crippen LogP contribution in [0.5, 0.6) is 0 Å². The molecule has 0 radical (unpaired) electrons. The molecule has 6 nitrogen and oxygen atoms in total. The van der Waals surface area contributed by atoms with Crippen LogP contribution < -0.4 is 4.90 Å². The van der Waals surface area contributed by atoms with Gasteiger partial charge in [0, 0.05) is 13.1 Å². The Balaban J connectivity index is 2.17. The minimum atomic E-state index is -0.470. The molecule has 86 valence electrons. The van der Waals surface area contributed by atoms with Gasteiger partial charge in [-0.15, -0.1) is 0 Å². The maximum absolute atomic E-state index is 11.3. The fraction of sp³-hybridized carbons (Fsp3) is 0.500. The van der Waals surface area contributed by atoms with E-state index in [9.17, 15) is 4.79 Å². The van der Waals surface area contributed by atoms with Crippen molar-refractivity contribution < 1.29 is 14.3 Å². The van der Waals surface area contributed by atoms with Gasteiger partial charge in [0.25, 0.3) is 0 Å². The largest absolute Gasteiger partial charge is 0.464 e. The van der Waals surface area contributed by atoms with Gasteiger partial charge in [-0.05, 0) is 0 Å². The Morgan fingerprint density at radius 1 is 1.44 bits per heavy atom. The van der Waals surface area contributed by atoms with Gasteiger partial charge in [0.05, 0.1) is 32.7 Å². The van der Waals surface area contributed by atoms with Crippen LogP contribution in [0.2, 0.25) is 0 Å².